The van der Waals surface area contributed by atoms with Crippen LogP contribution in [0.3, 0.4) is 0 Å². The minimum atomic E-state index is 0.0874. The number of ether oxygens (including phenoxy) is 1. The van der Waals surface area contributed by atoms with Crippen LogP contribution >= 0.6 is 15.9 Å². The van der Waals surface area contributed by atoms with Crippen molar-refractivity contribution in [3.63, 3.8) is 0 Å². The Morgan fingerprint density at radius 3 is 2.65 bits per heavy atom. The Morgan fingerprint density at radius 1 is 1.40 bits per heavy atom. The second-order valence-electron chi connectivity index (χ2n) is 5.45. The number of halogens is 1. The van der Waals surface area contributed by atoms with Gasteiger partial charge in [0.05, 0.1) is 19.1 Å². The summed E-state index contributed by atoms with van der Waals surface area (Å²) in [6.45, 7) is 5.92. The minimum Gasteiger partial charge on any atom is -0.496 e. The SMILES string of the molecule is COc1ccc(Br)cc1CCN(C)CC(C#N)C(C)C. The van der Waals surface area contributed by atoms with Crippen LogP contribution in [0.1, 0.15) is 19.4 Å². The summed E-state index contributed by atoms with van der Waals surface area (Å²) in [5.74, 6) is 1.40. The van der Waals surface area contributed by atoms with Gasteiger partial charge in [-0.15, -0.1) is 0 Å². The van der Waals surface area contributed by atoms with Crippen LogP contribution in [0.15, 0.2) is 22.7 Å². The summed E-state index contributed by atoms with van der Waals surface area (Å²) in [6, 6.07) is 8.44. The zero-order valence-corrected chi connectivity index (χ0v) is 14.3. The van der Waals surface area contributed by atoms with Crippen LogP contribution in [0.5, 0.6) is 5.75 Å². The Hall–Kier alpha value is -1.05. The summed E-state index contributed by atoms with van der Waals surface area (Å²) in [5, 5.41) is 9.15. The van der Waals surface area contributed by atoms with Gasteiger partial charge in [-0.2, -0.15) is 5.26 Å². The van der Waals surface area contributed by atoms with E-state index in [0.717, 1.165) is 29.7 Å². The lowest BCUT2D eigenvalue weighted by Gasteiger charge is -2.22. The highest BCUT2D eigenvalue weighted by Crippen LogP contribution is 2.23. The number of likely N-dealkylation sites (N-methyl/N-ethyl adjacent to an activating group) is 1. The number of hydrogen-bond donors (Lipinski definition) is 0. The van der Waals surface area contributed by atoms with Gasteiger partial charge in [0, 0.05) is 17.6 Å². The van der Waals surface area contributed by atoms with Crippen molar-refractivity contribution in [2.24, 2.45) is 11.8 Å². The topological polar surface area (TPSA) is 36.3 Å². The molecule has 110 valence electrons. The summed E-state index contributed by atoms with van der Waals surface area (Å²) < 4.78 is 6.44. The first-order valence-corrected chi connectivity index (χ1v) is 7.67. The summed E-state index contributed by atoms with van der Waals surface area (Å²) in [4.78, 5) is 2.22. The Bertz CT molecular complexity index is 468. The lowest BCUT2D eigenvalue weighted by molar-refractivity contribution is 0.273. The Balaban J connectivity index is 2.59. The summed E-state index contributed by atoms with van der Waals surface area (Å²) in [5.41, 5.74) is 1.19. The van der Waals surface area contributed by atoms with Crippen LogP contribution in [0.25, 0.3) is 0 Å². The number of benzene rings is 1. The molecule has 0 fully saturated rings. The summed E-state index contributed by atoms with van der Waals surface area (Å²) in [6.07, 6.45) is 0.912. The van der Waals surface area contributed by atoms with Gasteiger partial charge in [0.15, 0.2) is 0 Å². The maximum Gasteiger partial charge on any atom is 0.122 e. The van der Waals surface area contributed by atoms with Crippen molar-refractivity contribution < 1.29 is 4.74 Å². The molecule has 1 atom stereocenters. The lowest BCUT2D eigenvalue weighted by atomic mass is 9.97. The Labute approximate surface area is 130 Å². The molecular weight excluding hydrogens is 316 g/mol. The van der Waals surface area contributed by atoms with E-state index in [1.807, 2.05) is 12.1 Å². The number of nitriles is 1. The summed E-state index contributed by atoms with van der Waals surface area (Å²) in [7, 11) is 3.76. The molecule has 3 nitrogen and oxygen atoms in total. The number of hydrogen-bond acceptors (Lipinski definition) is 3. The Kier molecular flexibility index (Phi) is 7.04. The van der Waals surface area contributed by atoms with Crippen molar-refractivity contribution in [1.29, 1.82) is 5.26 Å². The summed E-state index contributed by atoms with van der Waals surface area (Å²) >= 11 is 3.49. The first-order valence-electron chi connectivity index (χ1n) is 6.88. The highest BCUT2D eigenvalue weighted by molar-refractivity contribution is 9.10. The van der Waals surface area contributed by atoms with Gasteiger partial charge >= 0.3 is 0 Å². The minimum absolute atomic E-state index is 0.0874. The van der Waals surface area contributed by atoms with Crippen molar-refractivity contribution >= 4 is 15.9 Å². The van der Waals surface area contributed by atoms with Gasteiger partial charge in [0.25, 0.3) is 0 Å². The maximum atomic E-state index is 9.15. The van der Waals surface area contributed by atoms with E-state index in [1.54, 1.807) is 7.11 Å². The number of rotatable bonds is 7. The smallest absolute Gasteiger partial charge is 0.122 e. The maximum absolute atomic E-state index is 9.15. The average Bonchev–Trinajstić information content (AvgIpc) is 2.42. The monoisotopic (exact) mass is 338 g/mol. The molecule has 1 rings (SSSR count). The Morgan fingerprint density at radius 2 is 2.10 bits per heavy atom. The van der Waals surface area contributed by atoms with Gasteiger partial charge in [-0.1, -0.05) is 29.8 Å². The van der Waals surface area contributed by atoms with E-state index in [2.05, 4.69) is 53.9 Å². The molecule has 0 bridgehead atoms. The van der Waals surface area contributed by atoms with Crippen LogP contribution in [-0.2, 0) is 6.42 Å². The van der Waals surface area contributed by atoms with Gasteiger partial charge in [0.2, 0.25) is 0 Å². The van der Waals surface area contributed by atoms with Crippen molar-refractivity contribution in [3.05, 3.63) is 28.2 Å². The van der Waals surface area contributed by atoms with Gasteiger partial charge in [0.1, 0.15) is 5.75 Å². The highest BCUT2D eigenvalue weighted by Gasteiger charge is 2.15. The quantitative estimate of drug-likeness (QED) is 0.759. The van der Waals surface area contributed by atoms with E-state index in [-0.39, 0.29) is 5.92 Å². The van der Waals surface area contributed by atoms with Crippen LogP contribution in [0.4, 0.5) is 0 Å². The third-order valence-corrected chi connectivity index (χ3v) is 3.98. The zero-order valence-electron chi connectivity index (χ0n) is 12.7. The molecular formula is C16H23BrN2O. The van der Waals surface area contributed by atoms with Gasteiger partial charge in [-0.05, 0) is 43.1 Å². The molecule has 0 N–H and O–H groups in total. The second kappa shape index (κ2) is 8.28. The first kappa shape index (κ1) is 17.0. The molecule has 0 saturated carbocycles. The largest absolute Gasteiger partial charge is 0.496 e. The standard InChI is InChI=1S/C16H23BrN2O/c1-12(2)14(10-18)11-19(3)8-7-13-9-15(17)5-6-16(13)20-4/h5-6,9,12,14H,7-8,11H2,1-4H3. The molecule has 1 aromatic rings. The normalized spacial score (nSPS) is 12.5. The van der Waals surface area contributed by atoms with Crippen molar-refractivity contribution in [3.8, 4) is 11.8 Å². The van der Waals surface area contributed by atoms with Gasteiger partial charge < -0.3 is 9.64 Å². The van der Waals surface area contributed by atoms with E-state index < -0.39 is 0 Å². The molecule has 0 aromatic heterocycles. The number of methoxy groups -OCH3 is 1. The van der Waals surface area contributed by atoms with Crippen LogP contribution in [-0.4, -0.2) is 32.1 Å². The molecule has 0 amide bonds. The third kappa shape index (κ3) is 5.15. The molecule has 0 saturated heterocycles. The average molecular weight is 339 g/mol. The van der Waals surface area contributed by atoms with Gasteiger partial charge in [-0.25, -0.2) is 0 Å². The fraction of sp³-hybridized carbons (Fsp3) is 0.562. The molecule has 0 aliphatic heterocycles. The molecule has 0 spiro atoms. The zero-order chi connectivity index (χ0) is 15.1. The molecule has 0 radical (unpaired) electrons. The van der Waals surface area contributed by atoms with Crippen molar-refractivity contribution in [1.82, 2.24) is 4.90 Å². The van der Waals surface area contributed by atoms with Crippen LogP contribution < -0.4 is 4.74 Å². The molecule has 0 aliphatic rings. The predicted molar refractivity (Wildman–Crippen MR) is 85.8 cm³/mol. The van der Waals surface area contributed by atoms with E-state index in [9.17, 15) is 0 Å². The first-order chi connectivity index (χ1) is 9.47. The van der Waals surface area contributed by atoms with Crippen molar-refractivity contribution in [2.45, 2.75) is 20.3 Å². The third-order valence-electron chi connectivity index (χ3n) is 3.48. The van der Waals surface area contributed by atoms with E-state index in [4.69, 9.17) is 10.00 Å². The molecule has 1 unspecified atom stereocenters. The molecule has 0 aliphatic carbocycles. The highest BCUT2D eigenvalue weighted by atomic mass is 79.9. The molecule has 4 heteroatoms. The number of nitrogens with zero attached hydrogens (tertiary/aromatic N) is 2. The predicted octanol–water partition coefficient (Wildman–Crippen LogP) is 3.73. The second-order valence-corrected chi connectivity index (χ2v) is 6.36. The fourth-order valence-electron chi connectivity index (χ4n) is 2.08. The molecule has 0 heterocycles. The van der Waals surface area contributed by atoms with Crippen molar-refractivity contribution in [2.75, 3.05) is 27.2 Å². The molecule has 1 aromatic carbocycles. The van der Waals surface area contributed by atoms with Crippen LogP contribution in [0, 0.1) is 23.2 Å². The van der Waals surface area contributed by atoms with E-state index in [0.29, 0.717) is 5.92 Å². The van der Waals surface area contributed by atoms with Gasteiger partial charge in [-0.3, -0.25) is 0 Å². The molecule has 20 heavy (non-hydrogen) atoms. The lowest BCUT2D eigenvalue weighted by Crippen LogP contribution is -2.29. The van der Waals surface area contributed by atoms with E-state index in [1.165, 1.54) is 5.56 Å². The van der Waals surface area contributed by atoms with E-state index >= 15 is 0 Å². The van der Waals surface area contributed by atoms with Crippen LogP contribution in [0.2, 0.25) is 0 Å². The fourth-order valence-corrected chi connectivity index (χ4v) is 2.49.